The second kappa shape index (κ2) is 10.6. The summed E-state index contributed by atoms with van der Waals surface area (Å²) in [6.45, 7) is 0.421. The predicted molar refractivity (Wildman–Crippen MR) is 127 cm³/mol. The lowest BCUT2D eigenvalue weighted by Gasteiger charge is -2.22. The van der Waals surface area contributed by atoms with Crippen LogP contribution in [-0.4, -0.2) is 47.4 Å². The lowest BCUT2D eigenvalue weighted by Crippen LogP contribution is -2.77. The normalized spacial score (nSPS) is 17.5. The molecule has 0 bridgehead atoms. The average Bonchev–Trinajstić information content (AvgIpc) is 3.24. The second-order valence-corrected chi connectivity index (χ2v) is 8.19. The van der Waals surface area contributed by atoms with E-state index in [2.05, 4.69) is 20.7 Å². The topological polar surface area (TPSA) is 147 Å². The first-order chi connectivity index (χ1) is 16.8. The van der Waals surface area contributed by atoms with Gasteiger partial charge in [0.25, 0.3) is 5.91 Å². The molecule has 4 rings (SSSR count). The van der Waals surface area contributed by atoms with Crippen LogP contribution in [0.5, 0.6) is 5.75 Å². The van der Waals surface area contributed by atoms with Crippen molar-refractivity contribution < 1.29 is 23.6 Å². The Morgan fingerprint density at radius 1 is 1.37 bits per heavy atom. The maximum absolute atomic E-state index is 13.2. The highest BCUT2D eigenvalue weighted by Gasteiger charge is 2.27. The van der Waals surface area contributed by atoms with E-state index < -0.39 is 18.4 Å². The minimum absolute atomic E-state index is 0.0582. The summed E-state index contributed by atoms with van der Waals surface area (Å²) in [5.74, 6) is -0.934. The largest absolute Gasteiger partial charge is 0.434 e. The minimum Gasteiger partial charge on any atom is -0.434 e. The number of nitrogens with one attached hydrogen (secondary N) is 3. The molecule has 2 aliphatic heterocycles. The number of allylic oxidation sites excluding steroid dienone is 1. The molecule has 12 heteroatoms. The van der Waals surface area contributed by atoms with Crippen molar-refractivity contribution in [2.45, 2.75) is 32.4 Å². The number of anilines is 1. The molecule has 0 spiro atoms. The average molecular weight is 486 g/mol. The van der Waals surface area contributed by atoms with Crippen molar-refractivity contribution in [1.29, 1.82) is 5.41 Å². The van der Waals surface area contributed by atoms with E-state index in [0.717, 1.165) is 31.5 Å². The number of alkyl halides is 2. The van der Waals surface area contributed by atoms with Gasteiger partial charge in [-0.25, -0.2) is 4.99 Å². The smallest absolute Gasteiger partial charge is 0.387 e. The Balaban J connectivity index is 1.78. The molecular weight excluding hydrogens is 458 g/mol. The molecule has 1 fully saturated rings. The van der Waals surface area contributed by atoms with Crippen LogP contribution in [0.25, 0.3) is 11.3 Å². The number of hydrogen-bond acceptors (Lipinski definition) is 6. The number of ether oxygens (including phenoxy) is 1. The van der Waals surface area contributed by atoms with Crippen LogP contribution in [0.4, 0.5) is 14.5 Å². The summed E-state index contributed by atoms with van der Waals surface area (Å²) in [4.78, 5) is 17.4. The first-order valence-corrected chi connectivity index (χ1v) is 11.1. The van der Waals surface area contributed by atoms with Crippen molar-refractivity contribution >= 4 is 23.6 Å². The molecule has 0 saturated carbocycles. The molecule has 0 unspecified atom stereocenters. The molecule has 2 aromatic rings. The van der Waals surface area contributed by atoms with Crippen LogP contribution in [0, 0.1) is 12.3 Å². The molecule has 0 radical (unpaired) electrons. The van der Waals surface area contributed by atoms with Crippen molar-refractivity contribution in [3.8, 4) is 17.0 Å². The van der Waals surface area contributed by atoms with Crippen LogP contribution in [0.1, 0.15) is 24.4 Å². The van der Waals surface area contributed by atoms with Gasteiger partial charge in [-0.1, -0.05) is 11.6 Å². The van der Waals surface area contributed by atoms with Crippen LogP contribution < -0.4 is 26.4 Å². The van der Waals surface area contributed by atoms with Gasteiger partial charge >= 0.3 is 6.61 Å². The Hall–Kier alpha value is -3.90. The van der Waals surface area contributed by atoms with Crippen LogP contribution >= 0.6 is 0 Å². The molecule has 0 atom stereocenters. The van der Waals surface area contributed by atoms with Crippen molar-refractivity contribution in [3.63, 3.8) is 0 Å². The molecule has 35 heavy (non-hydrogen) atoms. The number of nitrogens with two attached hydrogens (primary N) is 2. The van der Waals surface area contributed by atoms with E-state index in [0.29, 0.717) is 5.56 Å². The van der Waals surface area contributed by atoms with E-state index in [1.54, 1.807) is 40.6 Å². The van der Waals surface area contributed by atoms with Gasteiger partial charge in [0.2, 0.25) is 5.82 Å². The fraction of sp³-hybridized carbons (Fsp3) is 0.304. The molecule has 1 aromatic heterocycles. The van der Waals surface area contributed by atoms with Gasteiger partial charge < -0.3 is 21.1 Å². The predicted octanol–water partition coefficient (Wildman–Crippen LogP) is 1.63. The SMILES string of the molecule is Cc1ccc(OC(F)F)c(-c2nn(C3CCNCC3)cc2NC(=O)/C(C(=N)N)=C2\N=CC=C[NH2+]2)c1. The summed E-state index contributed by atoms with van der Waals surface area (Å²) in [6.07, 6.45) is 8.17. The number of carbonyl (C=O) groups excluding carboxylic acids is 1. The van der Waals surface area contributed by atoms with Crippen molar-refractivity contribution in [2.24, 2.45) is 10.7 Å². The molecule has 0 aliphatic carbocycles. The number of benzene rings is 1. The summed E-state index contributed by atoms with van der Waals surface area (Å²) in [6, 6.07) is 4.85. The van der Waals surface area contributed by atoms with E-state index in [4.69, 9.17) is 15.9 Å². The minimum atomic E-state index is -3.03. The van der Waals surface area contributed by atoms with E-state index in [1.165, 1.54) is 12.3 Å². The lowest BCUT2D eigenvalue weighted by molar-refractivity contribution is -0.536. The van der Waals surface area contributed by atoms with Crippen molar-refractivity contribution in [1.82, 2.24) is 15.1 Å². The summed E-state index contributed by atoms with van der Waals surface area (Å²) in [5, 5.41) is 20.2. The van der Waals surface area contributed by atoms with Crippen LogP contribution in [0.15, 0.2) is 53.1 Å². The molecule has 1 aromatic carbocycles. The van der Waals surface area contributed by atoms with Crippen LogP contribution in [0.2, 0.25) is 0 Å². The van der Waals surface area contributed by atoms with E-state index >= 15 is 0 Å². The van der Waals surface area contributed by atoms with Crippen LogP contribution in [0.3, 0.4) is 0 Å². The maximum Gasteiger partial charge on any atom is 0.387 e. The fourth-order valence-electron chi connectivity index (χ4n) is 4.04. The quantitative estimate of drug-likeness (QED) is 0.230. The van der Waals surface area contributed by atoms with Gasteiger partial charge in [-0.05, 0) is 45.0 Å². The number of quaternary nitrogens is 1. The van der Waals surface area contributed by atoms with E-state index in [1.807, 2.05) is 6.92 Å². The van der Waals surface area contributed by atoms with E-state index in [9.17, 15) is 13.6 Å². The Morgan fingerprint density at radius 2 is 2.14 bits per heavy atom. The number of halogens is 2. The van der Waals surface area contributed by atoms with Gasteiger partial charge in [-0.3, -0.25) is 20.2 Å². The number of aliphatic imine (C=N–C) groups is 1. The number of amidine groups is 1. The maximum atomic E-state index is 13.2. The lowest BCUT2D eigenvalue weighted by atomic mass is 10.1. The monoisotopic (exact) mass is 485 g/mol. The third-order valence-electron chi connectivity index (χ3n) is 5.69. The fourth-order valence-corrected chi connectivity index (χ4v) is 4.04. The van der Waals surface area contributed by atoms with Gasteiger partial charge in [-0.15, -0.1) is 0 Å². The summed E-state index contributed by atoms with van der Waals surface area (Å²) in [5.41, 5.74) is 7.28. The number of aromatic nitrogens is 2. The van der Waals surface area contributed by atoms with Gasteiger partial charge in [0.05, 0.1) is 11.7 Å². The van der Waals surface area contributed by atoms with Crippen LogP contribution in [-0.2, 0) is 4.79 Å². The zero-order valence-corrected chi connectivity index (χ0v) is 19.1. The van der Waals surface area contributed by atoms with Crippen molar-refractivity contribution in [3.05, 3.63) is 53.6 Å². The molecule has 3 heterocycles. The summed E-state index contributed by atoms with van der Waals surface area (Å²) in [7, 11) is 0. The standard InChI is InChI=1S/C23H26F2N8O2/c1-13-3-4-17(35-23(24)25)15(11-13)19-16(12-33(32-19)14-5-9-28-10-6-14)31-22(34)18(20(26)27)21-29-7-2-8-30-21/h2-4,7-8,11-12,14,23,28-29H,5-6,9-10H2,1H3,(H3,26,27)(H,31,34)/p+1/b21-18-. The third kappa shape index (κ3) is 5.61. The number of piperidine rings is 1. The highest BCUT2D eigenvalue weighted by Crippen LogP contribution is 2.37. The Labute approximate surface area is 200 Å². The van der Waals surface area contributed by atoms with Gasteiger partial charge in [0.15, 0.2) is 5.57 Å². The number of amides is 1. The highest BCUT2D eigenvalue weighted by atomic mass is 19.3. The summed E-state index contributed by atoms with van der Waals surface area (Å²) >= 11 is 0. The molecular formula is C23H27F2N8O2+. The zero-order chi connectivity index (χ0) is 24.9. The Morgan fingerprint density at radius 3 is 2.80 bits per heavy atom. The molecule has 2 aliphatic rings. The Bertz CT molecular complexity index is 1210. The summed E-state index contributed by atoms with van der Waals surface area (Å²) < 4.78 is 32.8. The number of nitrogens with zero attached hydrogens (tertiary/aromatic N) is 3. The third-order valence-corrected chi connectivity index (χ3v) is 5.69. The van der Waals surface area contributed by atoms with Gasteiger partial charge in [0.1, 0.15) is 23.5 Å². The molecule has 7 N–H and O–H groups in total. The molecule has 1 amide bonds. The zero-order valence-electron chi connectivity index (χ0n) is 19.1. The Kier molecular flexibility index (Phi) is 7.32. The van der Waals surface area contributed by atoms with Gasteiger partial charge in [-0.2, -0.15) is 13.9 Å². The number of hydrogen-bond donors (Lipinski definition) is 5. The molecule has 10 nitrogen and oxygen atoms in total. The first kappa shape index (κ1) is 24.2. The highest BCUT2D eigenvalue weighted by molar-refractivity contribution is 6.24. The number of rotatable bonds is 7. The first-order valence-electron chi connectivity index (χ1n) is 11.1. The number of carbonyl (C=O) groups is 1. The molecule has 1 saturated heterocycles. The van der Waals surface area contributed by atoms with Gasteiger partial charge in [0, 0.05) is 24.1 Å². The number of aryl methyl sites for hydroxylation is 1. The van der Waals surface area contributed by atoms with Crippen molar-refractivity contribution in [2.75, 3.05) is 18.4 Å². The van der Waals surface area contributed by atoms with E-state index in [-0.39, 0.29) is 34.6 Å². The molecule has 184 valence electrons. The second-order valence-electron chi connectivity index (χ2n) is 8.19.